The second kappa shape index (κ2) is 5.00. The van der Waals surface area contributed by atoms with Crippen LogP contribution >= 0.6 is 0 Å². The molecule has 0 amide bonds. The molecule has 18 heavy (non-hydrogen) atoms. The third kappa shape index (κ3) is 2.66. The van der Waals surface area contributed by atoms with Crippen molar-refractivity contribution in [3.05, 3.63) is 29.6 Å². The molecule has 2 heterocycles. The van der Waals surface area contributed by atoms with E-state index >= 15 is 0 Å². The first-order chi connectivity index (χ1) is 8.53. The Kier molecular flexibility index (Phi) is 3.59. The van der Waals surface area contributed by atoms with Crippen molar-refractivity contribution in [3.8, 4) is 0 Å². The van der Waals surface area contributed by atoms with Gasteiger partial charge in [0.1, 0.15) is 11.5 Å². The lowest BCUT2D eigenvalue weighted by Gasteiger charge is -2.33. The van der Waals surface area contributed by atoms with Crippen molar-refractivity contribution >= 4 is 5.84 Å². The van der Waals surface area contributed by atoms with Crippen LogP contribution in [0.25, 0.3) is 0 Å². The SMILES string of the molecule is CN=C(c1ncccc1C)N1CCC(F)(F)CC1. The van der Waals surface area contributed by atoms with Gasteiger partial charge in [0.15, 0.2) is 0 Å². The summed E-state index contributed by atoms with van der Waals surface area (Å²) in [6.45, 7) is 2.61. The molecule has 0 aliphatic carbocycles. The van der Waals surface area contributed by atoms with E-state index in [-0.39, 0.29) is 12.8 Å². The van der Waals surface area contributed by atoms with Gasteiger partial charge in [0, 0.05) is 39.2 Å². The standard InChI is InChI=1S/C13H17F2N3/c1-10-4-3-7-17-11(10)12(16-2)18-8-5-13(14,15)6-9-18/h3-4,7H,5-6,8-9H2,1-2H3. The molecule has 1 aliphatic rings. The number of nitrogens with zero attached hydrogens (tertiary/aromatic N) is 3. The molecule has 1 aromatic heterocycles. The Labute approximate surface area is 106 Å². The van der Waals surface area contributed by atoms with E-state index in [0.717, 1.165) is 11.3 Å². The molecule has 1 aromatic rings. The first-order valence-corrected chi connectivity index (χ1v) is 6.05. The van der Waals surface area contributed by atoms with E-state index in [4.69, 9.17) is 0 Å². The van der Waals surface area contributed by atoms with Crippen LogP contribution in [0.3, 0.4) is 0 Å². The summed E-state index contributed by atoms with van der Waals surface area (Å²) in [6.07, 6.45) is 1.47. The number of halogens is 2. The van der Waals surface area contributed by atoms with E-state index < -0.39 is 5.92 Å². The van der Waals surface area contributed by atoms with Gasteiger partial charge in [-0.25, -0.2) is 8.78 Å². The van der Waals surface area contributed by atoms with Crippen LogP contribution in [0.2, 0.25) is 0 Å². The molecule has 1 fully saturated rings. The van der Waals surface area contributed by atoms with Crippen LogP contribution in [0.15, 0.2) is 23.3 Å². The first kappa shape index (κ1) is 12.9. The van der Waals surface area contributed by atoms with Crippen molar-refractivity contribution in [1.29, 1.82) is 0 Å². The minimum atomic E-state index is -2.53. The van der Waals surface area contributed by atoms with Crippen molar-refractivity contribution in [2.75, 3.05) is 20.1 Å². The molecule has 0 spiro atoms. The smallest absolute Gasteiger partial charge is 0.251 e. The normalized spacial score (nSPS) is 20.0. The molecular weight excluding hydrogens is 236 g/mol. The van der Waals surface area contributed by atoms with Crippen molar-refractivity contribution in [3.63, 3.8) is 0 Å². The molecule has 2 rings (SSSR count). The molecule has 1 saturated heterocycles. The summed E-state index contributed by atoms with van der Waals surface area (Å²) in [4.78, 5) is 10.4. The first-order valence-electron chi connectivity index (χ1n) is 6.05. The van der Waals surface area contributed by atoms with Crippen LogP contribution < -0.4 is 0 Å². The number of pyridine rings is 1. The minimum absolute atomic E-state index is 0.113. The quantitative estimate of drug-likeness (QED) is 0.568. The number of hydrogen-bond acceptors (Lipinski definition) is 2. The number of likely N-dealkylation sites (tertiary alicyclic amines) is 1. The third-order valence-corrected chi connectivity index (χ3v) is 3.23. The summed E-state index contributed by atoms with van der Waals surface area (Å²) in [5.74, 6) is -1.82. The van der Waals surface area contributed by atoms with Gasteiger partial charge in [0.2, 0.25) is 0 Å². The molecule has 0 N–H and O–H groups in total. The number of alkyl halides is 2. The third-order valence-electron chi connectivity index (χ3n) is 3.23. The fourth-order valence-corrected chi connectivity index (χ4v) is 2.16. The average molecular weight is 253 g/mol. The molecule has 98 valence electrons. The van der Waals surface area contributed by atoms with Crippen LogP contribution in [0.5, 0.6) is 0 Å². The lowest BCUT2D eigenvalue weighted by atomic mass is 10.1. The highest BCUT2D eigenvalue weighted by atomic mass is 19.3. The highest BCUT2D eigenvalue weighted by Gasteiger charge is 2.35. The number of amidine groups is 1. The fraction of sp³-hybridized carbons (Fsp3) is 0.538. The minimum Gasteiger partial charge on any atom is -0.355 e. The largest absolute Gasteiger partial charge is 0.355 e. The van der Waals surface area contributed by atoms with Crippen molar-refractivity contribution in [2.24, 2.45) is 4.99 Å². The number of rotatable bonds is 1. The maximum Gasteiger partial charge on any atom is 0.251 e. The Morgan fingerprint density at radius 1 is 1.39 bits per heavy atom. The summed E-state index contributed by atoms with van der Waals surface area (Å²) in [6, 6.07) is 3.81. The monoisotopic (exact) mass is 253 g/mol. The molecule has 0 atom stereocenters. The zero-order chi connectivity index (χ0) is 13.2. The molecular formula is C13H17F2N3. The molecule has 0 radical (unpaired) electrons. The Bertz CT molecular complexity index is 447. The van der Waals surface area contributed by atoms with Crippen molar-refractivity contribution in [1.82, 2.24) is 9.88 Å². The van der Waals surface area contributed by atoms with Crippen molar-refractivity contribution < 1.29 is 8.78 Å². The Morgan fingerprint density at radius 3 is 2.61 bits per heavy atom. The highest BCUT2D eigenvalue weighted by molar-refractivity contribution is 5.98. The second-order valence-corrected chi connectivity index (χ2v) is 4.56. The van der Waals surface area contributed by atoms with Crippen LogP contribution in [-0.2, 0) is 0 Å². The van der Waals surface area contributed by atoms with Crippen LogP contribution in [0, 0.1) is 6.92 Å². The summed E-state index contributed by atoms with van der Waals surface area (Å²) in [5.41, 5.74) is 1.79. The summed E-state index contributed by atoms with van der Waals surface area (Å²) in [7, 11) is 1.68. The summed E-state index contributed by atoms with van der Waals surface area (Å²) >= 11 is 0. The number of hydrogen-bond donors (Lipinski definition) is 0. The molecule has 0 aromatic carbocycles. The topological polar surface area (TPSA) is 28.5 Å². The van der Waals surface area contributed by atoms with Crippen molar-refractivity contribution in [2.45, 2.75) is 25.7 Å². The van der Waals surface area contributed by atoms with Gasteiger partial charge in [0.05, 0.1) is 0 Å². The molecule has 1 aliphatic heterocycles. The molecule has 5 heteroatoms. The Morgan fingerprint density at radius 2 is 2.06 bits per heavy atom. The second-order valence-electron chi connectivity index (χ2n) is 4.56. The number of piperidine rings is 1. The zero-order valence-electron chi connectivity index (χ0n) is 10.7. The van der Waals surface area contributed by atoms with Gasteiger partial charge < -0.3 is 4.90 Å². The number of aryl methyl sites for hydroxylation is 1. The van der Waals surface area contributed by atoms with Crippen LogP contribution in [0.1, 0.15) is 24.1 Å². The number of aliphatic imine (C=N–C) groups is 1. The molecule has 0 unspecified atom stereocenters. The van der Waals surface area contributed by atoms with E-state index in [0.29, 0.717) is 18.9 Å². The Balaban J connectivity index is 2.19. The van der Waals surface area contributed by atoms with Gasteiger partial charge in [-0.1, -0.05) is 6.07 Å². The summed E-state index contributed by atoms with van der Waals surface area (Å²) < 4.78 is 26.3. The molecule has 0 saturated carbocycles. The average Bonchev–Trinajstić information content (AvgIpc) is 2.34. The van der Waals surface area contributed by atoms with Gasteiger partial charge in [-0.3, -0.25) is 9.98 Å². The van der Waals surface area contributed by atoms with Gasteiger partial charge in [-0.05, 0) is 18.6 Å². The van der Waals surface area contributed by atoms with Gasteiger partial charge >= 0.3 is 0 Å². The van der Waals surface area contributed by atoms with Gasteiger partial charge in [-0.15, -0.1) is 0 Å². The predicted octanol–water partition coefficient (Wildman–Crippen LogP) is 2.50. The molecule has 3 nitrogen and oxygen atoms in total. The zero-order valence-corrected chi connectivity index (χ0v) is 10.7. The van der Waals surface area contributed by atoms with E-state index in [1.165, 1.54) is 0 Å². The lowest BCUT2D eigenvalue weighted by molar-refractivity contribution is -0.0434. The lowest BCUT2D eigenvalue weighted by Crippen LogP contribution is -2.43. The van der Waals surface area contributed by atoms with Gasteiger partial charge in [-0.2, -0.15) is 0 Å². The molecule has 0 bridgehead atoms. The van der Waals surface area contributed by atoms with Gasteiger partial charge in [0.25, 0.3) is 5.92 Å². The summed E-state index contributed by atoms with van der Waals surface area (Å²) in [5, 5.41) is 0. The maximum atomic E-state index is 13.1. The highest BCUT2D eigenvalue weighted by Crippen LogP contribution is 2.28. The van der Waals surface area contributed by atoms with Crippen LogP contribution in [-0.4, -0.2) is 41.8 Å². The maximum absolute atomic E-state index is 13.1. The van der Waals surface area contributed by atoms with E-state index in [9.17, 15) is 8.78 Å². The Hall–Kier alpha value is -1.52. The van der Waals surface area contributed by atoms with E-state index in [2.05, 4.69) is 9.98 Å². The predicted molar refractivity (Wildman–Crippen MR) is 67.2 cm³/mol. The van der Waals surface area contributed by atoms with Crippen LogP contribution in [0.4, 0.5) is 8.78 Å². The van der Waals surface area contributed by atoms with E-state index in [1.807, 2.05) is 24.0 Å². The van der Waals surface area contributed by atoms with E-state index in [1.54, 1.807) is 13.2 Å². The fourth-order valence-electron chi connectivity index (χ4n) is 2.16. The number of aromatic nitrogens is 1.